The lowest BCUT2D eigenvalue weighted by molar-refractivity contribution is 0.311. The largest absolute Gasteiger partial charge is 0.494 e. The zero-order valence-corrected chi connectivity index (χ0v) is 12.0. The maximum atomic E-state index is 5.83. The second kappa shape index (κ2) is 7.34. The molecule has 1 N–H and O–H groups in total. The second-order valence-electron chi connectivity index (χ2n) is 5.14. The van der Waals surface area contributed by atoms with E-state index in [0.717, 1.165) is 31.7 Å². The Morgan fingerprint density at radius 2 is 2.37 bits per heavy atom. The Morgan fingerprint density at radius 1 is 1.47 bits per heavy atom. The summed E-state index contributed by atoms with van der Waals surface area (Å²) >= 11 is 0. The van der Waals surface area contributed by atoms with Crippen molar-refractivity contribution in [3.63, 3.8) is 0 Å². The fourth-order valence-electron chi connectivity index (χ4n) is 2.74. The smallest absolute Gasteiger partial charge is 0.119 e. The van der Waals surface area contributed by atoms with Gasteiger partial charge < -0.3 is 10.1 Å². The molecule has 0 aromatic heterocycles. The summed E-state index contributed by atoms with van der Waals surface area (Å²) in [5, 5.41) is 3.58. The van der Waals surface area contributed by atoms with Crippen molar-refractivity contribution in [2.75, 3.05) is 13.2 Å². The third-order valence-electron chi connectivity index (χ3n) is 3.70. The predicted octanol–water partition coefficient (Wildman–Crippen LogP) is 4.02. The van der Waals surface area contributed by atoms with E-state index in [0.29, 0.717) is 6.04 Å². The highest BCUT2D eigenvalue weighted by atomic mass is 16.5. The summed E-state index contributed by atoms with van der Waals surface area (Å²) in [5.74, 6) is 1.01. The predicted molar refractivity (Wildman–Crippen MR) is 80.7 cm³/mol. The molecule has 0 aliphatic heterocycles. The van der Waals surface area contributed by atoms with Gasteiger partial charge in [-0.3, -0.25) is 0 Å². The van der Waals surface area contributed by atoms with Crippen LogP contribution in [0.2, 0.25) is 0 Å². The first-order chi connectivity index (χ1) is 9.35. The summed E-state index contributed by atoms with van der Waals surface area (Å²) in [6, 6.07) is 7.09. The van der Waals surface area contributed by atoms with Gasteiger partial charge in [-0.2, -0.15) is 0 Å². The van der Waals surface area contributed by atoms with Gasteiger partial charge in [0.25, 0.3) is 0 Å². The van der Waals surface area contributed by atoms with Crippen LogP contribution in [0, 0.1) is 0 Å². The lowest BCUT2D eigenvalue weighted by Gasteiger charge is -2.26. The van der Waals surface area contributed by atoms with Crippen LogP contribution in [-0.4, -0.2) is 13.2 Å². The van der Waals surface area contributed by atoms with Crippen LogP contribution in [0.5, 0.6) is 5.75 Å². The van der Waals surface area contributed by atoms with Crippen molar-refractivity contribution in [3.8, 4) is 5.75 Å². The summed E-state index contributed by atoms with van der Waals surface area (Å²) in [7, 11) is 0. The lowest BCUT2D eigenvalue weighted by atomic mass is 9.87. The topological polar surface area (TPSA) is 21.3 Å². The molecular weight excluding hydrogens is 234 g/mol. The highest BCUT2D eigenvalue weighted by Crippen LogP contribution is 2.32. The SMILES string of the molecule is C=CCCCOc1ccc2c(c1)C(NCC)CCC2. The number of hydrogen-bond acceptors (Lipinski definition) is 2. The van der Waals surface area contributed by atoms with Crippen LogP contribution >= 0.6 is 0 Å². The van der Waals surface area contributed by atoms with Gasteiger partial charge in [-0.1, -0.05) is 19.1 Å². The first-order valence-corrected chi connectivity index (χ1v) is 7.45. The average molecular weight is 259 g/mol. The van der Waals surface area contributed by atoms with Crippen LogP contribution in [0.15, 0.2) is 30.9 Å². The molecule has 1 aromatic carbocycles. The number of hydrogen-bond donors (Lipinski definition) is 1. The van der Waals surface area contributed by atoms with E-state index in [2.05, 4.69) is 37.0 Å². The number of rotatable bonds is 7. The fourth-order valence-corrected chi connectivity index (χ4v) is 2.74. The summed E-state index contributed by atoms with van der Waals surface area (Å²) in [5.41, 5.74) is 2.92. The van der Waals surface area contributed by atoms with Crippen LogP contribution in [0.25, 0.3) is 0 Å². The Hall–Kier alpha value is -1.28. The van der Waals surface area contributed by atoms with Crippen molar-refractivity contribution in [1.29, 1.82) is 0 Å². The summed E-state index contributed by atoms with van der Waals surface area (Å²) in [4.78, 5) is 0. The van der Waals surface area contributed by atoms with E-state index in [1.54, 1.807) is 0 Å². The van der Waals surface area contributed by atoms with Crippen LogP contribution in [0.1, 0.15) is 49.8 Å². The first-order valence-electron chi connectivity index (χ1n) is 7.45. The van der Waals surface area contributed by atoms with Gasteiger partial charge in [0.05, 0.1) is 6.61 Å². The Labute approximate surface area is 116 Å². The Kier molecular flexibility index (Phi) is 5.46. The van der Waals surface area contributed by atoms with Crippen LogP contribution < -0.4 is 10.1 Å². The average Bonchev–Trinajstić information content (AvgIpc) is 2.44. The normalized spacial score (nSPS) is 17.8. The van der Waals surface area contributed by atoms with E-state index in [4.69, 9.17) is 4.74 Å². The van der Waals surface area contributed by atoms with Crippen LogP contribution in [0.4, 0.5) is 0 Å². The van der Waals surface area contributed by atoms with Gasteiger partial charge in [0.15, 0.2) is 0 Å². The highest BCUT2D eigenvalue weighted by Gasteiger charge is 2.19. The van der Waals surface area contributed by atoms with E-state index in [9.17, 15) is 0 Å². The zero-order valence-electron chi connectivity index (χ0n) is 12.0. The molecule has 1 aliphatic rings. The molecule has 0 amide bonds. The van der Waals surface area contributed by atoms with Crippen molar-refractivity contribution in [2.24, 2.45) is 0 Å². The number of fused-ring (bicyclic) bond motifs is 1. The maximum Gasteiger partial charge on any atom is 0.119 e. The number of unbranched alkanes of at least 4 members (excludes halogenated alkanes) is 1. The van der Waals surface area contributed by atoms with Gasteiger partial charge in [0.1, 0.15) is 5.75 Å². The molecule has 1 unspecified atom stereocenters. The summed E-state index contributed by atoms with van der Waals surface area (Å²) < 4.78 is 5.83. The third-order valence-corrected chi connectivity index (χ3v) is 3.70. The molecule has 1 atom stereocenters. The van der Waals surface area contributed by atoms with Gasteiger partial charge in [0, 0.05) is 6.04 Å². The number of allylic oxidation sites excluding steroid dienone is 1. The van der Waals surface area contributed by atoms with Gasteiger partial charge in [0.2, 0.25) is 0 Å². The number of benzene rings is 1. The summed E-state index contributed by atoms with van der Waals surface area (Å²) in [6.45, 7) is 7.70. The van der Waals surface area contributed by atoms with Crippen molar-refractivity contribution >= 4 is 0 Å². The summed E-state index contributed by atoms with van der Waals surface area (Å²) in [6.07, 6.45) is 7.72. The van der Waals surface area contributed by atoms with Gasteiger partial charge in [-0.15, -0.1) is 6.58 Å². The molecular formula is C17H25NO. The molecule has 0 saturated heterocycles. The van der Waals surface area contributed by atoms with Gasteiger partial charge >= 0.3 is 0 Å². The van der Waals surface area contributed by atoms with E-state index in [1.807, 2.05) is 6.08 Å². The molecule has 0 radical (unpaired) electrons. The minimum absolute atomic E-state index is 0.505. The van der Waals surface area contributed by atoms with E-state index < -0.39 is 0 Å². The first kappa shape index (κ1) is 14.1. The second-order valence-corrected chi connectivity index (χ2v) is 5.14. The van der Waals surface area contributed by atoms with E-state index in [-0.39, 0.29) is 0 Å². The monoisotopic (exact) mass is 259 g/mol. The molecule has 1 aliphatic carbocycles. The molecule has 19 heavy (non-hydrogen) atoms. The van der Waals surface area contributed by atoms with E-state index in [1.165, 1.54) is 30.4 Å². The number of nitrogens with one attached hydrogen (secondary N) is 1. The number of aryl methyl sites for hydroxylation is 1. The van der Waals surface area contributed by atoms with Crippen molar-refractivity contribution < 1.29 is 4.74 Å². The lowest BCUT2D eigenvalue weighted by Crippen LogP contribution is -2.24. The molecule has 0 saturated carbocycles. The maximum absolute atomic E-state index is 5.83. The third kappa shape index (κ3) is 3.84. The van der Waals surface area contributed by atoms with Gasteiger partial charge in [-0.05, 0) is 61.9 Å². The Bertz CT molecular complexity index is 414. The van der Waals surface area contributed by atoms with Crippen molar-refractivity contribution in [2.45, 2.75) is 45.1 Å². The minimum Gasteiger partial charge on any atom is -0.494 e. The minimum atomic E-state index is 0.505. The molecule has 0 spiro atoms. The van der Waals surface area contributed by atoms with Crippen LogP contribution in [-0.2, 0) is 6.42 Å². The molecule has 1 aromatic rings. The zero-order chi connectivity index (χ0) is 13.5. The molecule has 0 fully saturated rings. The van der Waals surface area contributed by atoms with Crippen LogP contribution in [0.3, 0.4) is 0 Å². The van der Waals surface area contributed by atoms with Gasteiger partial charge in [-0.25, -0.2) is 0 Å². The highest BCUT2D eigenvalue weighted by molar-refractivity contribution is 5.39. The van der Waals surface area contributed by atoms with Crippen molar-refractivity contribution in [3.05, 3.63) is 42.0 Å². The molecule has 2 rings (SSSR count). The molecule has 104 valence electrons. The molecule has 0 heterocycles. The van der Waals surface area contributed by atoms with E-state index >= 15 is 0 Å². The Balaban J connectivity index is 2.03. The molecule has 2 nitrogen and oxygen atoms in total. The quantitative estimate of drug-likeness (QED) is 0.590. The van der Waals surface area contributed by atoms with Crippen molar-refractivity contribution in [1.82, 2.24) is 5.32 Å². The molecule has 0 bridgehead atoms. The Morgan fingerprint density at radius 3 is 3.16 bits per heavy atom. The number of ether oxygens (including phenoxy) is 1. The fraction of sp³-hybridized carbons (Fsp3) is 0.529. The molecule has 2 heteroatoms. The standard InChI is InChI=1S/C17H25NO/c1-3-5-6-12-19-15-11-10-14-8-7-9-17(18-4-2)16(14)13-15/h3,10-11,13,17-18H,1,4-9,12H2,2H3.